The second kappa shape index (κ2) is 4.35. The molecule has 0 fully saturated rings. The van der Waals surface area contributed by atoms with Crippen LogP contribution < -0.4 is 0 Å². The van der Waals surface area contributed by atoms with Gasteiger partial charge in [-0.3, -0.25) is 4.99 Å². The number of methoxy groups -OCH3 is 1. The van der Waals surface area contributed by atoms with Crippen molar-refractivity contribution >= 4 is 11.7 Å². The first-order valence-electron chi connectivity index (χ1n) is 5.22. The molecule has 2 rings (SSSR count). The van der Waals surface area contributed by atoms with E-state index in [-0.39, 0.29) is 6.04 Å². The number of aliphatic imine (C=N–C) groups is 1. The van der Waals surface area contributed by atoms with Gasteiger partial charge in [0.25, 0.3) is 0 Å². The van der Waals surface area contributed by atoms with E-state index in [1.165, 1.54) is 0 Å². The third-order valence-electron chi connectivity index (χ3n) is 2.47. The van der Waals surface area contributed by atoms with Crippen molar-refractivity contribution in [3.63, 3.8) is 0 Å². The minimum absolute atomic E-state index is 0.0311. The maximum atomic E-state index is 5.16. The molecule has 84 valence electrons. The molecule has 4 nitrogen and oxygen atoms in total. The molecule has 1 aromatic rings. The van der Waals surface area contributed by atoms with Crippen molar-refractivity contribution in [1.29, 1.82) is 0 Å². The van der Waals surface area contributed by atoms with E-state index in [9.17, 15) is 0 Å². The van der Waals surface area contributed by atoms with Gasteiger partial charge in [-0.25, -0.2) is 5.01 Å². The van der Waals surface area contributed by atoms with Crippen LogP contribution in [0.3, 0.4) is 0 Å². The normalized spacial score (nSPS) is 20.2. The summed E-state index contributed by atoms with van der Waals surface area (Å²) in [5.74, 6) is 1.51. The molecular formula is C12H15N3O. The number of hydrazone groups is 1. The highest BCUT2D eigenvalue weighted by atomic mass is 16.5. The fourth-order valence-corrected chi connectivity index (χ4v) is 1.66. The maximum Gasteiger partial charge on any atom is 0.231 e. The summed E-state index contributed by atoms with van der Waals surface area (Å²) in [6.07, 6.45) is 0. The van der Waals surface area contributed by atoms with Gasteiger partial charge in [0, 0.05) is 12.6 Å². The van der Waals surface area contributed by atoms with Gasteiger partial charge in [0.05, 0.1) is 7.11 Å². The second-order valence-corrected chi connectivity index (χ2v) is 3.66. The first-order chi connectivity index (χ1) is 7.72. The highest BCUT2D eigenvalue weighted by molar-refractivity contribution is 6.02. The van der Waals surface area contributed by atoms with Crippen molar-refractivity contribution in [2.75, 3.05) is 14.2 Å². The van der Waals surface area contributed by atoms with Crippen LogP contribution in [0, 0.1) is 0 Å². The van der Waals surface area contributed by atoms with Crippen LogP contribution in [0.4, 0.5) is 0 Å². The van der Waals surface area contributed by atoms with E-state index in [4.69, 9.17) is 4.74 Å². The zero-order valence-corrected chi connectivity index (χ0v) is 9.71. The van der Waals surface area contributed by atoms with Crippen LogP contribution in [-0.2, 0) is 4.74 Å². The summed E-state index contributed by atoms with van der Waals surface area (Å²) < 4.78 is 5.16. The van der Waals surface area contributed by atoms with Crippen molar-refractivity contribution in [2.45, 2.75) is 13.0 Å². The van der Waals surface area contributed by atoms with Gasteiger partial charge >= 0.3 is 0 Å². The number of hydrogen-bond donors (Lipinski definition) is 0. The summed E-state index contributed by atoms with van der Waals surface area (Å²) in [4.78, 5) is 4.57. The number of ether oxygens (including phenoxy) is 1. The molecule has 0 saturated carbocycles. The lowest BCUT2D eigenvalue weighted by Crippen LogP contribution is -2.34. The molecule has 4 heteroatoms. The molecule has 1 atom stereocenters. The molecule has 0 radical (unpaired) electrons. The lowest BCUT2D eigenvalue weighted by atomic mass is 10.2. The third kappa shape index (κ3) is 1.91. The average molecular weight is 217 g/mol. The standard InChI is InChI=1S/C12H15N3O/c1-9-12(16-3)14-15(2)11(13-9)10-7-5-4-6-8-10/h4-9H,1-3H3. The first kappa shape index (κ1) is 10.7. The van der Waals surface area contributed by atoms with Crippen LogP contribution in [0.1, 0.15) is 12.5 Å². The number of nitrogens with zero attached hydrogens (tertiary/aromatic N) is 3. The van der Waals surface area contributed by atoms with E-state index >= 15 is 0 Å². The van der Waals surface area contributed by atoms with Gasteiger partial charge in [-0.2, -0.15) is 0 Å². The number of hydrogen-bond acceptors (Lipinski definition) is 4. The molecular weight excluding hydrogens is 202 g/mol. The number of amidine groups is 1. The van der Waals surface area contributed by atoms with Crippen molar-refractivity contribution < 1.29 is 4.74 Å². The molecule has 1 aliphatic heterocycles. The Morgan fingerprint density at radius 3 is 2.56 bits per heavy atom. The topological polar surface area (TPSA) is 37.2 Å². The second-order valence-electron chi connectivity index (χ2n) is 3.66. The van der Waals surface area contributed by atoms with Gasteiger partial charge in [-0.15, -0.1) is 5.10 Å². The minimum Gasteiger partial charge on any atom is -0.482 e. The summed E-state index contributed by atoms with van der Waals surface area (Å²) in [5.41, 5.74) is 1.07. The van der Waals surface area contributed by atoms with Crippen molar-refractivity contribution in [3.05, 3.63) is 35.9 Å². The fraction of sp³-hybridized carbons (Fsp3) is 0.333. The summed E-state index contributed by atoms with van der Waals surface area (Å²) >= 11 is 0. The average Bonchev–Trinajstić information content (AvgIpc) is 2.32. The van der Waals surface area contributed by atoms with Crippen molar-refractivity contribution in [3.8, 4) is 0 Å². The predicted octanol–water partition coefficient (Wildman–Crippen LogP) is 1.73. The van der Waals surface area contributed by atoms with Crippen LogP contribution in [0.5, 0.6) is 0 Å². The van der Waals surface area contributed by atoms with Crippen molar-refractivity contribution in [2.24, 2.45) is 10.1 Å². The van der Waals surface area contributed by atoms with Crippen LogP contribution in [0.25, 0.3) is 0 Å². The molecule has 1 aliphatic rings. The monoisotopic (exact) mass is 217 g/mol. The quantitative estimate of drug-likeness (QED) is 0.718. The summed E-state index contributed by atoms with van der Waals surface area (Å²) in [6, 6.07) is 9.99. The van der Waals surface area contributed by atoms with E-state index in [1.54, 1.807) is 12.1 Å². The Kier molecular flexibility index (Phi) is 2.90. The minimum atomic E-state index is -0.0311. The summed E-state index contributed by atoms with van der Waals surface area (Å²) in [7, 11) is 3.49. The Morgan fingerprint density at radius 2 is 1.94 bits per heavy atom. The molecule has 0 aromatic heterocycles. The third-order valence-corrected chi connectivity index (χ3v) is 2.47. The predicted molar refractivity (Wildman–Crippen MR) is 64.6 cm³/mol. The smallest absolute Gasteiger partial charge is 0.231 e. The fourth-order valence-electron chi connectivity index (χ4n) is 1.66. The summed E-state index contributed by atoms with van der Waals surface area (Å²) in [6.45, 7) is 1.97. The molecule has 0 aliphatic carbocycles. The molecule has 1 heterocycles. The Hall–Kier alpha value is -1.84. The van der Waals surface area contributed by atoms with Crippen LogP contribution >= 0.6 is 0 Å². The largest absolute Gasteiger partial charge is 0.482 e. The lowest BCUT2D eigenvalue weighted by Gasteiger charge is -2.24. The Morgan fingerprint density at radius 1 is 1.25 bits per heavy atom. The Labute approximate surface area is 95.2 Å². The Bertz CT molecular complexity index is 425. The molecule has 0 bridgehead atoms. The van der Waals surface area contributed by atoms with Gasteiger partial charge in [-0.1, -0.05) is 30.3 Å². The van der Waals surface area contributed by atoms with Crippen LogP contribution in [-0.4, -0.2) is 36.9 Å². The molecule has 1 aromatic carbocycles. The molecule has 16 heavy (non-hydrogen) atoms. The van der Waals surface area contributed by atoms with Gasteiger partial charge in [0.15, 0.2) is 5.84 Å². The van der Waals surface area contributed by atoms with E-state index in [0.717, 1.165) is 11.4 Å². The number of benzene rings is 1. The zero-order chi connectivity index (χ0) is 11.5. The van der Waals surface area contributed by atoms with Gasteiger partial charge in [0.2, 0.25) is 5.90 Å². The SMILES string of the molecule is COC1=NN(C)C(c2ccccc2)=NC1C. The van der Waals surface area contributed by atoms with Gasteiger partial charge in [-0.05, 0) is 6.92 Å². The molecule has 0 amide bonds. The molecule has 1 unspecified atom stereocenters. The maximum absolute atomic E-state index is 5.16. The molecule has 0 spiro atoms. The first-order valence-corrected chi connectivity index (χ1v) is 5.22. The summed E-state index contributed by atoms with van der Waals surface area (Å²) in [5, 5.41) is 6.08. The highest BCUT2D eigenvalue weighted by Gasteiger charge is 2.21. The number of rotatable bonds is 1. The van der Waals surface area contributed by atoms with Crippen LogP contribution in [0.15, 0.2) is 40.4 Å². The molecule has 0 N–H and O–H groups in total. The van der Waals surface area contributed by atoms with E-state index in [0.29, 0.717) is 5.90 Å². The highest BCUT2D eigenvalue weighted by Crippen LogP contribution is 2.12. The van der Waals surface area contributed by atoms with Crippen LogP contribution in [0.2, 0.25) is 0 Å². The lowest BCUT2D eigenvalue weighted by molar-refractivity contribution is 0.356. The Balaban J connectivity index is 2.32. The van der Waals surface area contributed by atoms with E-state index in [2.05, 4.69) is 10.1 Å². The van der Waals surface area contributed by atoms with E-state index < -0.39 is 0 Å². The van der Waals surface area contributed by atoms with E-state index in [1.807, 2.05) is 44.3 Å². The van der Waals surface area contributed by atoms with Crippen molar-refractivity contribution in [1.82, 2.24) is 5.01 Å². The van der Waals surface area contributed by atoms with Gasteiger partial charge < -0.3 is 4.74 Å². The zero-order valence-electron chi connectivity index (χ0n) is 9.71. The molecule has 0 saturated heterocycles. The van der Waals surface area contributed by atoms with Gasteiger partial charge in [0.1, 0.15) is 6.04 Å².